The fraction of sp³-hybridized carbons (Fsp3) is 0.967. The van der Waals surface area contributed by atoms with Gasteiger partial charge in [-0.15, -0.1) is 0 Å². The quantitative estimate of drug-likeness (QED) is 0.458. The number of carbonyl (C=O) groups is 1. The smallest absolute Gasteiger partial charge is 0.138 e. The highest BCUT2D eigenvalue weighted by molar-refractivity contribution is 5.86. The predicted molar refractivity (Wildman–Crippen MR) is 135 cm³/mol. The van der Waals surface area contributed by atoms with Crippen LogP contribution in [0.2, 0.25) is 0 Å². The van der Waals surface area contributed by atoms with Gasteiger partial charge >= 0.3 is 0 Å². The van der Waals surface area contributed by atoms with Gasteiger partial charge in [-0.05, 0) is 87.9 Å². The van der Waals surface area contributed by atoms with Crippen molar-refractivity contribution in [2.45, 2.75) is 135 Å². The van der Waals surface area contributed by atoms with Gasteiger partial charge in [0.25, 0.3) is 0 Å². The van der Waals surface area contributed by atoms with Crippen LogP contribution in [0.1, 0.15) is 99.8 Å². The zero-order valence-electron chi connectivity index (χ0n) is 23.3. The first-order valence-corrected chi connectivity index (χ1v) is 14.4. The molecule has 0 radical (unpaired) electrons. The highest BCUT2D eigenvalue weighted by atomic mass is 16.5. The van der Waals surface area contributed by atoms with Gasteiger partial charge in [0.2, 0.25) is 0 Å². The number of ketones is 1. The van der Waals surface area contributed by atoms with E-state index in [1.807, 2.05) is 13.8 Å². The number of hydrogen-bond acceptors (Lipinski definition) is 6. The van der Waals surface area contributed by atoms with E-state index in [9.17, 15) is 25.2 Å². The third-order valence-corrected chi connectivity index (χ3v) is 13.5. The van der Waals surface area contributed by atoms with Gasteiger partial charge in [-0.2, -0.15) is 0 Å². The van der Waals surface area contributed by atoms with Gasteiger partial charge < -0.3 is 25.2 Å². The van der Waals surface area contributed by atoms with E-state index in [4.69, 9.17) is 4.74 Å². The zero-order valence-corrected chi connectivity index (χ0v) is 23.3. The predicted octanol–water partition coefficient (Wildman–Crippen LogP) is 3.62. The number of aliphatic hydroxyl groups is 4. The lowest BCUT2D eigenvalue weighted by atomic mass is 9.40. The molecule has 36 heavy (non-hydrogen) atoms. The summed E-state index contributed by atoms with van der Waals surface area (Å²) >= 11 is 0. The van der Waals surface area contributed by atoms with Crippen molar-refractivity contribution in [2.75, 3.05) is 0 Å². The van der Waals surface area contributed by atoms with Crippen LogP contribution in [0.4, 0.5) is 0 Å². The monoisotopic (exact) mass is 504 g/mol. The number of Topliss-reactive ketones (excluding diaryl/α,β-unsaturated/α-hetero) is 1. The molecule has 12 atom stereocenters. The van der Waals surface area contributed by atoms with E-state index >= 15 is 0 Å². The van der Waals surface area contributed by atoms with E-state index in [-0.39, 0.29) is 51.3 Å². The summed E-state index contributed by atoms with van der Waals surface area (Å²) in [5.74, 6) is 0.0468. The average molecular weight is 505 g/mol. The summed E-state index contributed by atoms with van der Waals surface area (Å²) in [6, 6.07) is 0. The molecule has 5 saturated carbocycles. The van der Waals surface area contributed by atoms with Crippen LogP contribution in [0.25, 0.3) is 0 Å². The Morgan fingerprint density at radius 1 is 0.917 bits per heavy atom. The Balaban J connectivity index is 1.41. The Morgan fingerprint density at radius 3 is 2.19 bits per heavy atom. The molecule has 6 nitrogen and oxygen atoms in total. The van der Waals surface area contributed by atoms with Gasteiger partial charge in [0.05, 0.1) is 35.6 Å². The van der Waals surface area contributed by atoms with Gasteiger partial charge in [0.15, 0.2) is 0 Å². The second-order valence-corrected chi connectivity index (χ2v) is 15.8. The Kier molecular flexibility index (Phi) is 4.98. The number of carbonyl (C=O) groups excluding carboxylic acids is 1. The summed E-state index contributed by atoms with van der Waals surface area (Å²) in [5.41, 5.74) is -3.24. The lowest BCUT2D eigenvalue weighted by Gasteiger charge is -2.65. The summed E-state index contributed by atoms with van der Waals surface area (Å²) < 4.78 is 6.60. The van der Waals surface area contributed by atoms with Crippen molar-refractivity contribution < 1.29 is 30.0 Å². The van der Waals surface area contributed by atoms with Crippen LogP contribution in [0.3, 0.4) is 0 Å². The van der Waals surface area contributed by atoms with Crippen LogP contribution in [-0.4, -0.2) is 61.8 Å². The summed E-state index contributed by atoms with van der Waals surface area (Å²) in [5, 5.41) is 46.1. The van der Waals surface area contributed by atoms with Crippen LogP contribution in [0, 0.1) is 44.8 Å². The molecular weight excluding hydrogens is 456 g/mol. The van der Waals surface area contributed by atoms with E-state index in [1.165, 1.54) is 0 Å². The molecule has 6 heteroatoms. The number of fused-ring (bicyclic) bond motifs is 2. The van der Waals surface area contributed by atoms with Crippen LogP contribution < -0.4 is 0 Å². The van der Waals surface area contributed by atoms with Crippen molar-refractivity contribution in [1.82, 2.24) is 0 Å². The molecule has 1 aliphatic heterocycles. The fourth-order valence-corrected chi connectivity index (χ4v) is 12.0. The molecule has 0 aromatic rings. The highest BCUT2D eigenvalue weighted by Gasteiger charge is 2.87. The van der Waals surface area contributed by atoms with Gasteiger partial charge in [-0.25, -0.2) is 0 Å². The molecule has 4 N–H and O–H groups in total. The SMILES string of the molecule is CC1(C)C(=O)CC[C@]23C[C@@]24C(C[C@H](O)C13)[C@]1(C)C[C@H](O)[C@H]([C@]2(C)CC[C@H](C(C)(C)O)O2)[C@@]1(C)C[C@H]4O. The number of ether oxygens (including phenoxy) is 1. The van der Waals surface area contributed by atoms with Gasteiger partial charge in [-0.3, -0.25) is 4.79 Å². The zero-order chi connectivity index (χ0) is 26.5. The van der Waals surface area contributed by atoms with Crippen LogP contribution in [0.15, 0.2) is 0 Å². The Morgan fingerprint density at radius 2 is 1.58 bits per heavy atom. The maximum Gasteiger partial charge on any atom is 0.138 e. The summed E-state index contributed by atoms with van der Waals surface area (Å²) in [6.45, 7) is 14.2. The largest absolute Gasteiger partial charge is 0.393 e. The van der Waals surface area contributed by atoms with Crippen LogP contribution in [0.5, 0.6) is 0 Å². The number of aliphatic hydroxyl groups excluding tert-OH is 3. The topological polar surface area (TPSA) is 107 Å². The molecule has 0 amide bonds. The third-order valence-electron chi connectivity index (χ3n) is 13.5. The summed E-state index contributed by atoms with van der Waals surface area (Å²) in [6.07, 6.45) is 3.55. The van der Waals surface area contributed by atoms with E-state index in [0.717, 1.165) is 25.7 Å². The summed E-state index contributed by atoms with van der Waals surface area (Å²) in [7, 11) is 0. The van der Waals surface area contributed by atoms with E-state index in [1.54, 1.807) is 13.8 Å². The summed E-state index contributed by atoms with van der Waals surface area (Å²) in [4.78, 5) is 12.9. The van der Waals surface area contributed by atoms with Crippen molar-refractivity contribution in [3.8, 4) is 0 Å². The van der Waals surface area contributed by atoms with Gasteiger partial charge in [0, 0.05) is 29.1 Å². The van der Waals surface area contributed by atoms with Crippen molar-refractivity contribution in [2.24, 2.45) is 44.8 Å². The van der Waals surface area contributed by atoms with Crippen molar-refractivity contribution in [1.29, 1.82) is 0 Å². The minimum atomic E-state index is -0.949. The van der Waals surface area contributed by atoms with E-state index < -0.39 is 34.9 Å². The minimum absolute atomic E-state index is 0.0868. The molecule has 2 spiro atoms. The van der Waals surface area contributed by atoms with E-state index in [2.05, 4.69) is 20.8 Å². The molecule has 6 aliphatic rings. The van der Waals surface area contributed by atoms with Crippen LogP contribution >= 0.6 is 0 Å². The molecule has 0 aromatic heterocycles. The van der Waals surface area contributed by atoms with Crippen LogP contribution in [-0.2, 0) is 9.53 Å². The number of hydrogen-bond donors (Lipinski definition) is 4. The third kappa shape index (κ3) is 2.69. The standard InChI is InChI=1S/C30H48O6/c1-24(2)19(33)8-11-29-15-30(29)18(12-16(31)22(24)29)26(5)13-17(32)23(27(26,6)14-20(30)34)28(7)10-9-21(36-28)25(3,4)35/h16-18,20-23,31-32,34-35H,8-15H2,1-7H3/t16-,17-,18?,20+,21+,22?,23-,26-,27+,28-,29+,30-/m0/s1. The second kappa shape index (κ2) is 6.96. The first-order valence-electron chi connectivity index (χ1n) is 14.4. The molecular formula is C30H48O6. The highest BCUT2D eigenvalue weighted by Crippen LogP contribution is 2.88. The minimum Gasteiger partial charge on any atom is -0.393 e. The molecule has 6 rings (SSSR count). The molecule has 1 saturated heterocycles. The lowest BCUT2D eigenvalue weighted by molar-refractivity contribution is -0.230. The lowest BCUT2D eigenvalue weighted by Crippen LogP contribution is -2.65. The van der Waals surface area contributed by atoms with Crippen molar-refractivity contribution >= 4 is 5.78 Å². The van der Waals surface area contributed by atoms with Gasteiger partial charge in [-0.1, -0.05) is 27.7 Å². The molecule has 6 fully saturated rings. The Labute approximate surface area is 216 Å². The molecule has 2 unspecified atom stereocenters. The fourth-order valence-electron chi connectivity index (χ4n) is 12.0. The maximum absolute atomic E-state index is 12.9. The Bertz CT molecular complexity index is 986. The molecule has 0 bridgehead atoms. The molecule has 5 aliphatic carbocycles. The first kappa shape index (κ1) is 25.7. The first-order chi connectivity index (χ1) is 16.4. The van der Waals surface area contributed by atoms with E-state index in [0.29, 0.717) is 25.7 Å². The molecule has 204 valence electrons. The van der Waals surface area contributed by atoms with Crippen molar-refractivity contribution in [3.05, 3.63) is 0 Å². The molecule has 0 aromatic carbocycles. The second-order valence-electron chi connectivity index (χ2n) is 15.8. The molecule has 1 heterocycles. The normalized spacial score (nSPS) is 59.6. The van der Waals surface area contributed by atoms with Gasteiger partial charge in [0.1, 0.15) is 5.78 Å². The van der Waals surface area contributed by atoms with Crippen molar-refractivity contribution in [3.63, 3.8) is 0 Å². The Hall–Kier alpha value is -0.530. The number of rotatable bonds is 2. The average Bonchev–Trinajstić information content (AvgIpc) is 3.15. The maximum atomic E-state index is 12.9.